The van der Waals surface area contributed by atoms with Crippen LogP contribution in [0.15, 0.2) is 0 Å². The molecule has 46 heavy (non-hydrogen) atoms. The predicted molar refractivity (Wildman–Crippen MR) is 188 cm³/mol. The highest BCUT2D eigenvalue weighted by Gasteiger charge is 2.25. The summed E-state index contributed by atoms with van der Waals surface area (Å²) >= 11 is 0. The number of hydrogen-bond donors (Lipinski definition) is 2. The maximum absolute atomic E-state index is 12.5. The minimum absolute atomic E-state index is 0.0577. The van der Waals surface area contributed by atoms with Crippen LogP contribution in [0, 0.1) is 0 Å². The van der Waals surface area contributed by atoms with Crippen LogP contribution in [-0.2, 0) is 32.7 Å². The number of esters is 2. The van der Waals surface area contributed by atoms with Gasteiger partial charge in [0.15, 0.2) is 6.10 Å². The molecular weight excluding hydrogens is 605 g/mol. The quantitative estimate of drug-likeness (QED) is 0.0377. The Bertz CT molecular complexity index is 739. The Kier molecular flexibility index (Phi) is 33.2. The molecule has 2 unspecified atom stereocenters. The molecule has 0 aliphatic heterocycles. The van der Waals surface area contributed by atoms with Gasteiger partial charge in [0.2, 0.25) is 0 Å². The molecule has 274 valence electrons. The molecule has 0 heterocycles. The summed E-state index contributed by atoms with van der Waals surface area (Å²) in [5, 5.41) is 0. The number of nitrogens with two attached hydrogens (primary N) is 1. The van der Waals surface area contributed by atoms with Crippen molar-refractivity contribution >= 4 is 19.8 Å². The Balaban J connectivity index is 4.17. The molecule has 0 aliphatic rings. The van der Waals surface area contributed by atoms with E-state index in [9.17, 15) is 19.0 Å². The lowest BCUT2D eigenvalue weighted by atomic mass is 10.0. The molecule has 0 spiro atoms. The van der Waals surface area contributed by atoms with Gasteiger partial charge in [0.05, 0.1) is 13.2 Å². The number of hydrogen-bond acceptors (Lipinski definition) is 8. The summed E-state index contributed by atoms with van der Waals surface area (Å²) in [6, 6.07) is 0. The minimum Gasteiger partial charge on any atom is -0.462 e. The first kappa shape index (κ1) is 45.0. The molecule has 0 saturated carbocycles. The van der Waals surface area contributed by atoms with Gasteiger partial charge in [0.1, 0.15) is 6.61 Å². The van der Waals surface area contributed by atoms with Crippen LogP contribution in [0.5, 0.6) is 0 Å². The summed E-state index contributed by atoms with van der Waals surface area (Å²) < 4.78 is 32.6. The first-order valence-corrected chi connectivity index (χ1v) is 20.5. The van der Waals surface area contributed by atoms with E-state index in [-0.39, 0.29) is 38.6 Å². The fourth-order valence-electron chi connectivity index (χ4n) is 5.40. The van der Waals surface area contributed by atoms with Gasteiger partial charge in [0, 0.05) is 19.4 Å². The zero-order valence-corrected chi connectivity index (χ0v) is 30.7. The molecule has 0 aromatic carbocycles. The third-order valence-corrected chi connectivity index (χ3v) is 9.23. The molecular formula is C36H72NO8P. The second-order valence-corrected chi connectivity index (χ2v) is 14.3. The second kappa shape index (κ2) is 33.9. The van der Waals surface area contributed by atoms with E-state index in [2.05, 4.69) is 13.8 Å². The Morgan fingerprint density at radius 2 is 0.935 bits per heavy atom. The van der Waals surface area contributed by atoms with E-state index in [0.29, 0.717) is 6.42 Å². The highest BCUT2D eigenvalue weighted by molar-refractivity contribution is 7.47. The molecule has 0 aliphatic carbocycles. The molecule has 0 rings (SSSR count). The van der Waals surface area contributed by atoms with Crippen LogP contribution >= 0.6 is 7.82 Å². The summed E-state index contributed by atoms with van der Waals surface area (Å²) in [5.74, 6) is -0.820. The van der Waals surface area contributed by atoms with Crippen molar-refractivity contribution < 1.29 is 37.6 Å². The van der Waals surface area contributed by atoms with E-state index < -0.39 is 26.5 Å². The average molecular weight is 678 g/mol. The van der Waals surface area contributed by atoms with E-state index in [1.165, 1.54) is 122 Å². The molecule has 9 nitrogen and oxygen atoms in total. The monoisotopic (exact) mass is 677 g/mol. The highest BCUT2D eigenvalue weighted by Crippen LogP contribution is 2.43. The summed E-state index contributed by atoms with van der Waals surface area (Å²) in [4.78, 5) is 34.6. The van der Waals surface area contributed by atoms with E-state index in [1.54, 1.807) is 0 Å². The minimum atomic E-state index is -4.36. The molecule has 0 amide bonds. The number of carbonyl (C=O) groups is 2. The lowest BCUT2D eigenvalue weighted by Crippen LogP contribution is -2.29. The number of phosphoric acid groups is 1. The van der Waals surface area contributed by atoms with Gasteiger partial charge < -0.3 is 20.1 Å². The molecule has 3 N–H and O–H groups in total. The lowest BCUT2D eigenvalue weighted by molar-refractivity contribution is -0.161. The lowest BCUT2D eigenvalue weighted by Gasteiger charge is -2.19. The number of carbonyl (C=O) groups excluding carboxylic acids is 2. The third-order valence-electron chi connectivity index (χ3n) is 8.24. The van der Waals surface area contributed by atoms with E-state index in [0.717, 1.165) is 32.1 Å². The van der Waals surface area contributed by atoms with Crippen molar-refractivity contribution in [1.29, 1.82) is 0 Å². The van der Waals surface area contributed by atoms with Gasteiger partial charge >= 0.3 is 19.8 Å². The molecule has 2 atom stereocenters. The van der Waals surface area contributed by atoms with Gasteiger partial charge in [-0.3, -0.25) is 18.6 Å². The van der Waals surface area contributed by atoms with Crippen LogP contribution in [0.2, 0.25) is 0 Å². The molecule has 0 aromatic heterocycles. The van der Waals surface area contributed by atoms with Crippen molar-refractivity contribution in [3.05, 3.63) is 0 Å². The zero-order chi connectivity index (χ0) is 34.0. The second-order valence-electron chi connectivity index (χ2n) is 12.8. The van der Waals surface area contributed by atoms with Crippen LogP contribution in [0.3, 0.4) is 0 Å². The van der Waals surface area contributed by atoms with Gasteiger partial charge in [0.25, 0.3) is 0 Å². The van der Waals surface area contributed by atoms with Crippen molar-refractivity contribution in [3.63, 3.8) is 0 Å². The number of ether oxygens (including phenoxy) is 2. The van der Waals surface area contributed by atoms with Crippen LogP contribution in [0.25, 0.3) is 0 Å². The van der Waals surface area contributed by atoms with Crippen molar-refractivity contribution in [1.82, 2.24) is 0 Å². The first-order chi connectivity index (χ1) is 22.3. The molecule has 10 heteroatoms. The molecule has 0 aromatic rings. The highest BCUT2D eigenvalue weighted by atomic mass is 31.2. The van der Waals surface area contributed by atoms with Crippen LogP contribution < -0.4 is 5.73 Å². The van der Waals surface area contributed by atoms with Gasteiger partial charge in [-0.15, -0.1) is 0 Å². The van der Waals surface area contributed by atoms with Gasteiger partial charge in [-0.2, -0.15) is 0 Å². The van der Waals surface area contributed by atoms with Crippen molar-refractivity contribution in [3.8, 4) is 0 Å². The standard InChI is InChI=1S/C36H72NO8P/c1-3-5-7-9-11-13-15-16-17-18-19-21-23-25-27-29-36(39)45-34(33-44-46(40,41)43-31-30-37)32-42-35(38)28-26-24-22-20-14-12-10-8-6-4-2/h34H,3-33,37H2,1-2H3,(H,40,41). The molecule has 0 radical (unpaired) electrons. The SMILES string of the molecule is CCCCCCCCCCCCCCCCCC(=O)OC(COC(=O)CCCCCCCCCCCC)COP(=O)(O)OCCN. The van der Waals surface area contributed by atoms with Crippen molar-refractivity contribution in [2.24, 2.45) is 5.73 Å². The fraction of sp³-hybridized carbons (Fsp3) is 0.944. The number of phosphoric ester groups is 1. The van der Waals surface area contributed by atoms with Crippen LogP contribution in [-0.4, -0.2) is 49.3 Å². The largest absolute Gasteiger partial charge is 0.472 e. The Morgan fingerprint density at radius 3 is 1.33 bits per heavy atom. The van der Waals surface area contributed by atoms with Crippen LogP contribution in [0.4, 0.5) is 0 Å². The van der Waals surface area contributed by atoms with E-state index >= 15 is 0 Å². The fourth-order valence-corrected chi connectivity index (χ4v) is 6.16. The van der Waals surface area contributed by atoms with Gasteiger partial charge in [-0.25, -0.2) is 4.57 Å². The predicted octanol–water partition coefficient (Wildman–Crippen LogP) is 10.1. The maximum Gasteiger partial charge on any atom is 0.472 e. The van der Waals surface area contributed by atoms with Crippen molar-refractivity contribution in [2.75, 3.05) is 26.4 Å². The van der Waals surface area contributed by atoms with E-state index in [1.807, 2.05) is 0 Å². The number of unbranched alkanes of at least 4 members (excludes halogenated alkanes) is 23. The molecule has 0 bridgehead atoms. The summed E-state index contributed by atoms with van der Waals surface area (Å²) in [7, 11) is -4.36. The third kappa shape index (κ3) is 32.9. The molecule has 0 fully saturated rings. The zero-order valence-electron chi connectivity index (χ0n) is 29.8. The number of rotatable bonds is 36. The summed E-state index contributed by atoms with van der Waals surface area (Å²) in [6.45, 7) is 3.73. The maximum atomic E-state index is 12.5. The first-order valence-electron chi connectivity index (χ1n) is 19.0. The topological polar surface area (TPSA) is 134 Å². The Labute approximate surface area is 282 Å². The van der Waals surface area contributed by atoms with E-state index in [4.69, 9.17) is 24.3 Å². The smallest absolute Gasteiger partial charge is 0.462 e. The van der Waals surface area contributed by atoms with Gasteiger partial charge in [-0.1, -0.05) is 162 Å². The van der Waals surface area contributed by atoms with Crippen LogP contribution in [0.1, 0.15) is 187 Å². The Hall–Kier alpha value is -0.990. The van der Waals surface area contributed by atoms with Crippen molar-refractivity contribution in [2.45, 2.75) is 193 Å². The molecule has 0 saturated heterocycles. The average Bonchev–Trinajstić information content (AvgIpc) is 3.04. The Morgan fingerprint density at radius 1 is 0.565 bits per heavy atom. The summed E-state index contributed by atoms with van der Waals surface area (Å²) in [5.41, 5.74) is 5.32. The summed E-state index contributed by atoms with van der Waals surface area (Å²) in [6.07, 6.45) is 29.9. The van der Waals surface area contributed by atoms with Gasteiger partial charge in [-0.05, 0) is 12.8 Å². The normalized spacial score (nSPS) is 13.4.